The molecule has 0 N–H and O–H groups in total. The first-order chi connectivity index (χ1) is 39.9. The molecule has 0 aliphatic heterocycles. The van der Waals surface area contributed by atoms with Crippen LogP contribution in [0.1, 0.15) is 31.1 Å². The molecule has 0 unspecified atom stereocenters. The smallest absolute Gasteiger partial charge is 0.343 e. The van der Waals surface area contributed by atoms with Crippen molar-refractivity contribution in [1.82, 2.24) is 0 Å². The van der Waals surface area contributed by atoms with E-state index in [0.717, 1.165) is 54.6 Å². The maximum Gasteiger partial charge on any atom is 0.343 e. The van der Waals surface area contributed by atoms with Crippen LogP contribution in [0.5, 0.6) is 17.2 Å². The zero-order valence-corrected chi connectivity index (χ0v) is 47.1. The van der Waals surface area contributed by atoms with E-state index in [1.54, 1.807) is 54.6 Å². The highest BCUT2D eigenvalue weighted by molar-refractivity contribution is 7.92. The number of nitro groups is 3. The maximum absolute atomic E-state index is 12.7. The molecule has 9 rings (SSSR count). The van der Waals surface area contributed by atoms with Crippen LogP contribution in [0.3, 0.4) is 0 Å². The number of benzene rings is 9. The van der Waals surface area contributed by atoms with Gasteiger partial charge in [0.05, 0.1) is 60.8 Å². The molecule has 0 saturated carbocycles. The van der Waals surface area contributed by atoms with Crippen molar-refractivity contribution in [2.24, 2.45) is 0 Å². The van der Waals surface area contributed by atoms with Crippen molar-refractivity contribution in [3.63, 3.8) is 0 Å². The SMILES string of the molecule is O=C(Oc1cc(S(=O)(=O)c2ccccc2)ccc1[N+](=O)[O-])c1ccc(Cl)cc1.O=C(Oc1cc(S(=O)(=O)c2ccccc2)ccc1[N+](=O)[O-])c1ccc(Cl)cc1.O=C(Oc1cc(S(=O)(=O)c2ccccc2)ccc1[N+](=O)[O-])c1ccc(Cl)cc1. The van der Waals surface area contributed by atoms with Crippen LogP contribution < -0.4 is 14.2 Å². The van der Waals surface area contributed by atoms with Crippen LogP contribution in [0.15, 0.2) is 248 Å². The first kappa shape index (κ1) is 61.9. The molecule has 84 heavy (non-hydrogen) atoms. The van der Waals surface area contributed by atoms with Gasteiger partial charge in [0.2, 0.25) is 46.8 Å². The Morgan fingerprint density at radius 2 is 0.524 bits per heavy atom. The van der Waals surface area contributed by atoms with Crippen LogP contribution in [0.25, 0.3) is 0 Å². The van der Waals surface area contributed by atoms with Crippen LogP contribution in [0, 0.1) is 30.3 Å². The molecule has 0 aliphatic rings. The Hall–Kier alpha value is -9.69. The van der Waals surface area contributed by atoms with Crippen LogP contribution >= 0.6 is 34.8 Å². The van der Waals surface area contributed by atoms with Crippen molar-refractivity contribution in [2.45, 2.75) is 29.4 Å². The van der Waals surface area contributed by atoms with Crippen molar-refractivity contribution in [3.05, 3.63) is 280 Å². The first-order valence-electron chi connectivity index (χ1n) is 23.6. The van der Waals surface area contributed by atoms with E-state index in [9.17, 15) is 70.0 Å². The fourth-order valence-electron chi connectivity index (χ4n) is 7.12. The molecule has 426 valence electrons. The Balaban J connectivity index is 0.000000181. The minimum absolute atomic E-state index is 0.0128. The Kier molecular flexibility index (Phi) is 19.9. The summed E-state index contributed by atoms with van der Waals surface area (Å²) in [6.07, 6.45) is 0. The number of hydrogen-bond donors (Lipinski definition) is 0. The fourth-order valence-corrected chi connectivity index (χ4v) is 11.4. The monoisotopic (exact) mass is 1250 g/mol. The van der Waals surface area contributed by atoms with E-state index in [4.69, 9.17) is 49.0 Å². The number of halogens is 3. The molecule has 0 fully saturated rings. The topological polar surface area (TPSA) is 311 Å². The van der Waals surface area contributed by atoms with Gasteiger partial charge in [0.25, 0.3) is 0 Å². The molecular weight excluding hydrogens is 1220 g/mol. The summed E-state index contributed by atoms with van der Waals surface area (Å²) in [7, 11) is -11.8. The van der Waals surface area contributed by atoms with Gasteiger partial charge in [-0.2, -0.15) is 0 Å². The number of rotatable bonds is 15. The van der Waals surface area contributed by atoms with Gasteiger partial charge in [-0.3, -0.25) is 30.3 Å². The fraction of sp³-hybridized carbons (Fsp3) is 0. The molecule has 0 aliphatic carbocycles. The van der Waals surface area contributed by atoms with Crippen LogP contribution in [-0.4, -0.2) is 57.9 Å². The zero-order chi connectivity index (χ0) is 60.9. The van der Waals surface area contributed by atoms with Gasteiger partial charge in [0.15, 0.2) is 0 Å². The second-order valence-electron chi connectivity index (χ2n) is 16.8. The van der Waals surface area contributed by atoms with Crippen molar-refractivity contribution in [1.29, 1.82) is 0 Å². The minimum atomic E-state index is -3.94. The molecule has 0 spiro atoms. The van der Waals surface area contributed by atoms with Crippen LogP contribution in [0.2, 0.25) is 15.1 Å². The van der Waals surface area contributed by atoms with E-state index in [2.05, 4.69) is 0 Å². The molecule has 0 radical (unpaired) electrons. The number of carbonyl (C=O) groups excluding carboxylic acids is 3. The quantitative estimate of drug-likeness (QED) is 0.0398. The largest absolute Gasteiger partial charge is 0.415 e. The van der Waals surface area contributed by atoms with E-state index in [-0.39, 0.29) is 46.1 Å². The number of sulfone groups is 3. The maximum atomic E-state index is 12.7. The summed E-state index contributed by atoms with van der Waals surface area (Å²) in [4.78, 5) is 67.7. The molecule has 0 aromatic heterocycles. The predicted molar refractivity (Wildman–Crippen MR) is 304 cm³/mol. The summed E-state index contributed by atoms with van der Waals surface area (Å²) in [5.74, 6) is -4.05. The zero-order valence-electron chi connectivity index (χ0n) is 42.3. The van der Waals surface area contributed by atoms with Gasteiger partial charge in [-0.25, -0.2) is 39.6 Å². The molecule has 0 heterocycles. The minimum Gasteiger partial charge on any atom is -0.415 e. The van der Waals surface area contributed by atoms with Gasteiger partial charge in [-0.1, -0.05) is 89.4 Å². The van der Waals surface area contributed by atoms with E-state index in [0.29, 0.717) is 15.1 Å². The third-order valence-electron chi connectivity index (χ3n) is 11.3. The standard InChI is InChI=1S/3C19H12ClNO6S/c3*20-14-8-6-13(7-9-14)19(22)27-18-12-16(10-11-17(18)21(23)24)28(25,26)15-4-2-1-3-5-15/h3*1-12H. The Labute approximate surface area is 492 Å². The predicted octanol–water partition coefficient (Wildman–Crippen LogP) is 12.9. The number of nitro benzene ring substituents is 3. The number of nitrogens with zero attached hydrogens (tertiary/aromatic N) is 3. The second kappa shape index (κ2) is 26.9. The molecule has 0 atom stereocenters. The molecule has 9 aromatic rings. The Morgan fingerprint density at radius 1 is 0.310 bits per heavy atom. The van der Waals surface area contributed by atoms with Gasteiger partial charge in [-0.15, -0.1) is 0 Å². The average Bonchev–Trinajstić information content (AvgIpc) is 2.37. The molecule has 9 aromatic carbocycles. The summed E-state index contributed by atoms with van der Waals surface area (Å²) < 4.78 is 91.8. The normalized spacial score (nSPS) is 11.0. The number of esters is 3. The lowest BCUT2D eigenvalue weighted by Gasteiger charge is -2.09. The highest BCUT2D eigenvalue weighted by Crippen LogP contribution is 2.36. The highest BCUT2D eigenvalue weighted by Gasteiger charge is 2.28. The van der Waals surface area contributed by atoms with Crippen molar-refractivity contribution in [2.75, 3.05) is 0 Å². The summed E-state index contributed by atoms with van der Waals surface area (Å²) in [6, 6.07) is 49.0. The van der Waals surface area contributed by atoms with E-state index in [1.807, 2.05) is 0 Å². The lowest BCUT2D eigenvalue weighted by molar-refractivity contribution is -0.385. The molecule has 27 heteroatoms. The van der Waals surface area contributed by atoms with Crippen molar-refractivity contribution < 1.29 is 68.6 Å². The molecular formula is C57H36Cl3N3O18S3. The first-order valence-corrected chi connectivity index (χ1v) is 29.1. The van der Waals surface area contributed by atoms with Gasteiger partial charge in [0.1, 0.15) is 0 Å². The Bertz CT molecular complexity index is 3880. The summed E-state index contributed by atoms with van der Waals surface area (Å²) >= 11 is 17.3. The summed E-state index contributed by atoms with van der Waals surface area (Å²) in [5.41, 5.74) is -1.28. The number of hydrogen-bond acceptors (Lipinski definition) is 18. The lowest BCUT2D eigenvalue weighted by Crippen LogP contribution is -2.11. The van der Waals surface area contributed by atoms with Crippen molar-refractivity contribution in [3.8, 4) is 17.2 Å². The molecule has 0 amide bonds. The highest BCUT2D eigenvalue weighted by atomic mass is 35.5. The van der Waals surface area contributed by atoms with E-state index >= 15 is 0 Å². The summed E-state index contributed by atoms with van der Waals surface area (Å²) in [5, 5.41) is 35.0. The van der Waals surface area contributed by atoms with Crippen molar-refractivity contribution >= 4 is 99.3 Å². The lowest BCUT2D eigenvalue weighted by atomic mass is 10.2. The summed E-state index contributed by atoms with van der Waals surface area (Å²) in [6.45, 7) is 0. The number of ether oxygens (including phenoxy) is 3. The Morgan fingerprint density at radius 3 is 0.726 bits per heavy atom. The molecule has 0 saturated heterocycles. The van der Waals surface area contributed by atoms with Gasteiger partial charge in [-0.05, 0) is 127 Å². The average molecular weight is 1250 g/mol. The molecule has 21 nitrogen and oxygen atoms in total. The van der Waals surface area contributed by atoms with E-state index in [1.165, 1.54) is 109 Å². The second-order valence-corrected chi connectivity index (χ2v) is 24.0. The van der Waals surface area contributed by atoms with Gasteiger partial charge < -0.3 is 14.2 Å². The van der Waals surface area contributed by atoms with Gasteiger partial charge >= 0.3 is 35.0 Å². The molecule has 0 bridgehead atoms. The number of carbonyl (C=O) groups is 3. The third-order valence-corrected chi connectivity index (χ3v) is 17.4. The van der Waals surface area contributed by atoms with Crippen LogP contribution in [0.4, 0.5) is 17.1 Å². The van der Waals surface area contributed by atoms with Gasteiger partial charge in [0, 0.05) is 51.5 Å². The van der Waals surface area contributed by atoms with E-state index < -0.39 is 96.5 Å². The third kappa shape index (κ3) is 15.2. The van der Waals surface area contributed by atoms with Crippen LogP contribution in [-0.2, 0) is 29.5 Å².